The number of benzene rings is 1. The maximum Gasteiger partial charge on any atom is 0.340 e. The minimum atomic E-state index is -0.750. The number of nitro groups is 1. The molecule has 2 rings (SSSR count). The second-order valence-corrected chi connectivity index (χ2v) is 5.42. The van der Waals surface area contributed by atoms with Gasteiger partial charge in [-0.1, -0.05) is 23.2 Å². The number of halogens is 2. The number of nitrogens with zero attached hydrogens (tertiary/aromatic N) is 1. The second kappa shape index (κ2) is 7.06. The topological polar surface area (TPSA) is 78.7 Å². The molecule has 1 aromatic rings. The van der Waals surface area contributed by atoms with E-state index in [2.05, 4.69) is 0 Å². The van der Waals surface area contributed by atoms with Gasteiger partial charge in [0.15, 0.2) is 0 Å². The van der Waals surface area contributed by atoms with E-state index in [-0.39, 0.29) is 34.0 Å². The van der Waals surface area contributed by atoms with Gasteiger partial charge in [0.1, 0.15) is 6.61 Å². The molecular formula is C13H13Cl2NO5. The summed E-state index contributed by atoms with van der Waals surface area (Å²) >= 11 is 11.7. The molecule has 6 nitrogen and oxygen atoms in total. The second-order valence-electron chi connectivity index (χ2n) is 4.63. The highest BCUT2D eigenvalue weighted by Crippen LogP contribution is 2.31. The van der Waals surface area contributed by atoms with Crippen LogP contribution in [0.1, 0.15) is 29.6 Å². The lowest BCUT2D eigenvalue weighted by Gasteiger charge is -2.22. The van der Waals surface area contributed by atoms with Gasteiger partial charge in [0.2, 0.25) is 0 Å². The van der Waals surface area contributed by atoms with E-state index in [1.807, 2.05) is 0 Å². The summed E-state index contributed by atoms with van der Waals surface area (Å²) in [6, 6.07) is 2.14. The number of nitro benzene ring substituents is 1. The standard InChI is InChI=1S/C13H13Cl2NO5/c14-11-6-8(16(18)19)5-10(12(11)15)13(17)21-7-9-3-1-2-4-20-9/h5-6,9H,1-4,7H2. The van der Waals surface area contributed by atoms with Crippen molar-refractivity contribution in [3.05, 3.63) is 37.9 Å². The molecule has 1 heterocycles. The van der Waals surface area contributed by atoms with E-state index in [1.54, 1.807) is 0 Å². The number of ether oxygens (including phenoxy) is 2. The fourth-order valence-corrected chi connectivity index (χ4v) is 2.41. The molecule has 1 saturated heterocycles. The molecule has 1 aliphatic heterocycles. The van der Waals surface area contributed by atoms with Crippen molar-refractivity contribution in [3.8, 4) is 0 Å². The Morgan fingerprint density at radius 2 is 2.19 bits per heavy atom. The molecule has 0 bridgehead atoms. The lowest BCUT2D eigenvalue weighted by atomic mass is 10.1. The monoisotopic (exact) mass is 333 g/mol. The summed E-state index contributed by atoms with van der Waals surface area (Å²) in [5, 5.41) is 10.7. The first kappa shape index (κ1) is 16.0. The van der Waals surface area contributed by atoms with Gasteiger partial charge < -0.3 is 9.47 Å². The Morgan fingerprint density at radius 3 is 2.81 bits per heavy atom. The molecule has 8 heteroatoms. The third-order valence-electron chi connectivity index (χ3n) is 3.12. The number of hydrogen-bond acceptors (Lipinski definition) is 5. The molecule has 0 N–H and O–H groups in total. The third kappa shape index (κ3) is 4.06. The summed E-state index contributed by atoms with van der Waals surface area (Å²) in [6.45, 7) is 0.737. The largest absolute Gasteiger partial charge is 0.459 e. The molecule has 1 atom stereocenters. The molecule has 0 radical (unpaired) electrons. The molecule has 21 heavy (non-hydrogen) atoms. The van der Waals surface area contributed by atoms with Gasteiger partial charge in [0, 0.05) is 18.7 Å². The summed E-state index contributed by atoms with van der Waals surface area (Å²) < 4.78 is 10.5. The normalized spacial score (nSPS) is 18.3. The van der Waals surface area contributed by atoms with Crippen molar-refractivity contribution < 1.29 is 19.2 Å². The number of esters is 1. The van der Waals surface area contributed by atoms with Crippen LogP contribution in [0.15, 0.2) is 12.1 Å². The van der Waals surface area contributed by atoms with E-state index < -0.39 is 10.9 Å². The number of non-ortho nitro benzene ring substituents is 1. The van der Waals surface area contributed by atoms with Crippen LogP contribution in [-0.4, -0.2) is 30.2 Å². The zero-order chi connectivity index (χ0) is 15.4. The summed E-state index contributed by atoms with van der Waals surface area (Å²) in [5.74, 6) is -0.750. The van der Waals surface area contributed by atoms with Crippen LogP contribution < -0.4 is 0 Å². The van der Waals surface area contributed by atoms with Gasteiger partial charge in [-0.15, -0.1) is 0 Å². The molecule has 0 amide bonds. The minimum Gasteiger partial charge on any atom is -0.459 e. The third-order valence-corrected chi connectivity index (χ3v) is 3.92. The fourth-order valence-electron chi connectivity index (χ4n) is 2.01. The summed E-state index contributed by atoms with van der Waals surface area (Å²) in [4.78, 5) is 22.1. The average molecular weight is 334 g/mol. The van der Waals surface area contributed by atoms with E-state index in [4.69, 9.17) is 32.7 Å². The quantitative estimate of drug-likeness (QED) is 0.477. The highest BCUT2D eigenvalue weighted by atomic mass is 35.5. The van der Waals surface area contributed by atoms with Crippen LogP contribution in [0.3, 0.4) is 0 Å². The zero-order valence-corrected chi connectivity index (χ0v) is 12.5. The maximum absolute atomic E-state index is 12.0. The Morgan fingerprint density at radius 1 is 1.43 bits per heavy atom. The van der Waals surface area contributed by atoms with Crippen LogP contribution in [0, 0.1) is 10.1 Å². The van der Waals surface area contributed by atoms with Crippen LogP contribution in [0.2, 0.25) is 10.0 Å². The SMILES string of the molecule is O=C(OCC1CCCCO1)c1cc([N+](=O)[O-])cc(Cl)c1Cl. The van der Waals surface area contributed by atoms with Crippen LogP contribution in [-0.2, 0) is 9.47 Å². The maximum atomic E-state index is 12.0. The van der Waals surface area contributed by atoms with Crippen LogP contribution in [0.4, 0.5) is 5.69 Å². The van der Waals surface area contributed by atoms with E-state index >= 15 is 0 Å². The van der Waals surface area contributed by atoms with Gasteiger partial charge in [-0.3, -0.25) is 10.1 Å². The van der Waals surface area contributed by atoms with Crippen LogP contribution >= 0.6 is 23.2 Å². The van der Waals surface area contributed by atoms with Crippen molar-refractivity contribution in [2.45, 2.75) is 25.4 Å². The highest BCUT2D eigenvalue weighted by molar-refractivity contribution is 6.43. The van der Waals surface area contributed by atoms with E-state index in [9.17, 15) is 14.9 Å². The first-order chi connectivity index (χ1) is 9.99. The summed E-state index contributed by atoms with van der Waals surface area (Å²) in [6.07, 6.45) is 2.69. The molecule has 0 aromatic heterocycles. The molecule has 0 saturated carbocycles. The lowest BCUT2D eigenvalue weighted by molar-refractivity contribution is -0.384. The summed E-state index contributed by atoms with van der Waals surface area (Å²) in [7, 11) is 0. The van der Waals surface area contributed by atoms with Gasteiger partial charge in [-0.05, 0) is 19.3 Å². The highest BCUT2D eigenvalue weighted by Gasteiger charge is 2.22. The number of rotatable bonds is 4. The lowest BCUT2D eigenvalue weighted by Crippen LogP contribution is -2.26. The molecule has 1 fully saturated rings. The molecule has 1 aliphatic rings. The Kier molecular flexibility index (Phi) is 5.39. The fraction of sp³-hybridized carbons (Fsp3) is 0.462. The molecule has 0 aliphatic carbocycles. The average Bonchev–Trinajstić information content (AvgIpc) is 2.48. The number of hydrogen-bond donors (Lipinski definition) is 0. The van der Waals surface area contributed by atoms with Gasteiger partial charge in [0.25, 0.3) is 5.69 Å². The Bertz CT molecular complexity index is 558. The number of carbonyl (C=O) groups excluding carboxylic acids is 1. The first-order valence-corrected chi connectivity index (χ1v) is 7.17. The molecule has 114 valence electrons. The molecule has 1 unspecified atom stereocenters. The van der Waals surface area contributed by atoms with Gasteiger partial charge in [0.05, 0.1) is 26.6 Å². The molecular weight excluding hydrogens is 321 g/mol. The van der Waals surface area contributed by atoms with Crippen molar-refractivity contribution in [1.82, 2.24) is 0 Å². The first-order valence-electron chi connectivity index (χ1n) is 6.41. The Hall–Kier alpha value is -1.37. The van der Waals surface area contributed by atoms with Crippen LogP contribution in [0.25, 0.3) is 0 Å². The van der Waals surface area contributed by atoms with E-state index in [1.165, 1.54) is 0 Å². The van der Waals surface area contributed by atoms with Gasteiger partial charge >= 0.3 is 5.97 Å². The van der Waals surface area contributed by atoms with E-state index in [0.29, 0.717) is 6.61 Å². The van der Waals surface area contributed by atoms with Crippen LogP contribution in [0.5, 0.6) is 0 Å². The predicted molar refractivity (Wildman–Crippen MR) is 77.0 cm³/mol. The van der Waals surface area contributed by atoms with Crippen molar-refractivity contribution in [2.75, 3.05) is 13.2 Å². The van der Waals surface area contributed by atoms with Crippen molar-refractivity contribution in [2.24, 2.45) is 0 Å². The van der Waals surface area contributed by atoms with Crippen molar-refractivity contribution in [3.63, 3.8) is 0 Å². The Labute approximate surface area is 131 Å². The van der Waals surface area contributed by atoms with E-state index in [0.717, 1.165) is 31.4 Å². The molecule has 0 spiro atoms. The zero-order valence-electron chi connectivity index (χ0n) is 11.0. The predicted octanol–water partition coefficient (Wildman–Crippen LogP) is 3.63. The van der Waals surface area contributed by atoms with Gasteiger partial charge in [-0.25, -0.2) is 4.79 Å². The van der Waals surface area contributed by atoms with Gasteiger partial charge in [-0.2, -0.15) is 0 Å². The molecule has 1 aromatic carbocycles. The summed E-state index contributed by atoms with van der Waals surface area (Å²) in [5.41, 5.74) is -0.433. The minimum absolute atomic E-state index is 0.0585. The number of carbonyl (C=O) groups is 1. The Balaban J connectivity index is 2.09. The van der Waals surface area contributed by atoms with Crippen molar-refractivity contribution in [1.29, 1.82) is 0 Å². The van der Waals surface area contributed by atoms with Crippen molar-refractivity contribution >= 4 is 34.9 Å². The smallest absolute Gasteiger partial charge is 0.340 e.